The van der Waals surface area contributed by atoms with Crippen molar-refractivity contribution in [1.29, 1.82) is 0 Å². The van der Waals surface area contributed by atoms with E-state index in [2.05, 4.69) is 9.82 Å². The first-order chi connectivity index (χ1) is 9.00. The molecule has 1 aromatic carbocycles. The Kier molecular flexibility index (Phi) is 5.70. The monoisotopic (exact) mass is 316 g/mol. The Morgan fingerprint density at radius 2 is 1.95 bits per heavy atom. The van der Waals surface area contributed by atoms with Crippen LogP contribution in [0.5, 0.6) is 0 Å². The predicted molar refractivity (Wildman–Crippen MR) is 79.0 cm³/mol. The van der Waals surface area contributed by atoms with Gasteiger partial charge in [-0.1, -0.05) is 30.3 Å². The molecule has 0 aliphatic rings. The summed E-state index contributed by atoms with van der Waals surface area (Å²) in [5, 5.41) is 3.95. The Labute approximate surface area is 124 Å². The Morgan fingerprint density at radius 3 is 2.50 bits per heavy atom. The van der Waals surface area contributed by atoms with Crippen molar-refractivity contribution >= 4 is 22.4 Å². The van der Waals surface area contributed by atoms with E-state index in [0.29, 0.717) is 0 Å². The van der Waals surface area contributed by atoms with Crippen LogP contribution in [0.4, 0.5) is 0 Å². The Bertz CT molecular complexity index is 642. The molecule has 20 heavy (non-hydrogen) atoms. The molecule has 0 fully saturated rings. The molecule has 0 saturated heterocycles. The summed E-state index contributed by atoms with van der Waals surface area (Å²) in [5.74, 6) is 0. The van der Waals surface area contributed by atoms with Crippen LogP contribution in [0.25, 0.3) is 0 Å². The Hall–Kier alpha value is -1.41. The van der Waals surface area contributed by atoms with Crippen molar-refractivity contribution in [1.82, 2.24) is 14.5 Å². The fraction of sp³-hybridized carbons (Fsp3) is 0.250. The molecule has 1 aromatic heterocycles. The quantitative estimate of drug-likeness (QED) is 0.854. The summed E-state index contributed by atoms with van der Waals surface area (Å²) < 4.78 is 27.8. The normalized spacial score (nSPS) is 12.7. The molecule has 0 aliphatic carbocycles. The van der Waals surface area contributed by atoms with Crippen molar-refractivity contribution in [2.24, 2.45) is 12.8 Å². The SMILES string of the molecule is Cl.Cn1nccc1S(=O)(=O)NCC(N)c1ccccc1. The fourth-order valence-electron chi connectivity index (χ4n) is 1.72. The van der Waals surface area contributed by atoms with Crippen molar-refractivity contribution in [2.45, 2.75) is 11.1 Å². The molecule has 6 nitrogen and oxygen atoms in total. The molecule has 0 bridgehead atoms. The maximum absolute atomic E-state index is 12.0. The van der Waals surface area contributed by atoms with Gasteiger partial charge < -0.3 is 5.73 Å². The first-order valence-electron chi connectivity index (χ1n) is 5.79. The zero-order chi connectivity index (χ0) is 13.9. The number of hydrogen-bond donors (Lipinski definition) is 2. The molecule has 2 rings (SSSR count). The number of nitrogens with zero attached hydrogens (tertiary/aromatic N) is 2. The van der Waals surface area contributed by atoms with E-state index >= 15 is 0 Å². The number of halogens is 1. The lowest BCUT2D eigenvalue weighted by Gasteiger charge is -2.13. The summed E-state index contributed by atoms with van der Waals surface area (Å²) in [6.07, 6.45) is 1.44. The third-order valence-corrected chi connectivity index (χ3v) is 4.27. The zero-order valence-electron chi connectivity index (χ0n) is 10.9. The van der Waals surface area contributed by atoms with E-state index in [4.69, 9.17) is 5.73 Å². The molecule has 1 heterocycles. The summed E-state index contributed by atoms with van der Waals surface area (Å²) in [5.41, 5.74) is 6.83. The minimum atomic E-state index is -3.58. The summed E-state index contributed by atoms with van der Waals surface area (Å²) >= 11 is 0. The van der Waals surface area contributed by atoms with Gasteiger partial charge in [0, 0.05) is 19.6 Å². The molecule has 0 radical (unpaired) electrons. The second kappa shape index (κ2) is 6.85. The van der Waals surface area contributed by atoms with Crippen LogP contribution in [0, 0.1) is 0 Å². The van der Waals surface area contributed by atoms with Crippen molar-refractivity contribution in [3.05, 3.63) is 48.2 Å². The van der Waals surface area contributed by atoms with Crippen LogP contribution in [0.2, 0.25) is 0 Å². The third kappa shape index (κ3) is 3.80. The zero-order valence-corrected chi connectivity index (χ0v) is 12.6. The van der Waals surface area contributed by atoms with Crippen molar-refractivity contribution in [3.8, 4) is 0 Å². The lowest BCUT2D eigenvalue weighted by molar-refractivity contribution is 0.555. The van der Waals surface area contributed by atoms with Gasteiger partial charge in [-0.05, 0) is 11.6 Å². The number of nitrogens with two attached hydrogens (primary N) is 1. The fourth-order valence-corrected chi connectivity index (χ4v) is 2.90. The van der Waals surface area contributed by atoms with Crippen LogP contribution in [0.1, 0.15) is 11.6 Å². The summed E-state index contributed by atoms with van der Waals surface area (Å²) in [4.78, 5) is 0. The van der Waals surface area contributed by atoms with Gasteiger partial charge >= 0.3 is 0 Å². The van der Waals surface area contributed by atoms with Gasteiger partial charge in [-0.2, -0.15) is 5.10 Å². The lowest BCUT2D eigenvalue weighted by Crippen LogP contribution is -2.32. The van der Waals surface area contributed by atoms with E-state index in [1.807, 2.05) is 30.3 Å². The van der Waals surface area contributed by atoms with E-state index in [1.54, 1.807) is 7.05 Å². The van der Waals surface area contributed by atoms with Crippen LogP contribution in [-0.4, -0.2) is 24.7 Å². The highest BCUT2D eigenvalue weighted by Gasteiger charge is 2.18. The second-order valence-electron chi connectivity index (χ2n) is 4.16. The standard InChI is InChI=1S/C12H16N4O2S.ClH/c1-16-12(7-8-14-16)19(17,18)15-9-11(13)10-5-3-2-4-6-10;/h2-8,11,15H,9,13H2,1H3;1H. The van der Waals surface area contributed by atoms with Gasteiger partial charge in [-0.15, -0.1) is 12.4 Å². The van der Waals surface area contributed by atoms with Gasteiger partial charge in [0.2, 0.25) is 0 Å². The highest BCUT2D eigenvalue weighted by Crippen LogP contribution is 2.10. The molecule has 8 heteroatoms. The van der Waals surface area contributed by atoms with Gasteiger partial charge in [0.1, 0.15) is 0 Å². The highest BCUT2D eigenvalue weighted by molar-refractivity contribution is 7.89. The maximum atomic E-state index is 12.0. The van der Waals surface area contributed by atoms with Crippen molar-refractivity contribution in [3.63, 3.8) is 0 Å². The van der Waals surface area contributed by atoms with Gasteiger partial charge in [0.25, 0.3) is 10.0 Å². The molecule has 0 aliphatic heterocycles. The number of benzene rings is 1. The highest BCUT2D eigenvalue weighted by atomic mass is 35.5. The number of aryl methyl sites for hydroxylation is 1. The topological polar surface area (TPSA) is 90.0 Å². The molecule has 1 unspecified atom stereocenters. The third-order valence-electron chi connectivity index (χ3n) is 2.77. The van der Waals surface area contributed by atoms with Crippen LogP contribution in [0.15, 0.2) is 47.6 Å². The van der Waals surface area contributed by atoms with Gasteiger partial charge in [0.15, 0.2) is 5.03 Å². The molecular formula is C12H17ClN4O2S. The van der Waals surface area contributed by atoms with Crippen LogP contribution < -0.4 is 10.5 Å². The summed E-state index contributed by atoms with van der Waals surface area (Å²) in [6, 6.07) is 10.4. The molecular weight excluding hydrogens is 300 g/mol. The minimum Gasteiger partial charge on any atom is -0.323 e. The number of rotatable bonds is 5. The summed E-state index contributed by atoms with van der Waals surface area (Å²) in [6.45, 7) is 0.136. The van der Waals surface area contributed by atoms with Gasteiger partial charge in [0.05, 0.1) is 6.20 Å². The van der Waals surface area contributed by atoms with Crippen LogP contribution in [0.3, 0.4) is 0 Å². The van der Waals surface area contributed by atoms with E-state index in [1.165, 1.54) is 16.9 Å². The molecule has 2 aromatic rings. The van der Waals surface area contributed by atoms with Crippen LogP contribution >= 0.6 is 12.4 Å². The molecule has 0 saturated carbocycles. The Morgan fingerprint density at radius 1 is 1.30 bits per heavy atom. The Balaban J connectivity index is 0.00000200. The smallest absolute Gasteiger partial charge is 0.257 e. The van der Waals surface area contributed by atoms with E-state index in [0.717, 1.165) is 5.56 Å². The number of nitrogens with one attached hydrogen (secondary N) is 1. The lowest BCUT2D eigenvalue weighted by atomic mass is 10.1. The van der Waals surface area contributed by atoms with Gasteiger partial charge in [-0.3, -0.25) is 4.68 Å². The summed E-state index contributed by atoms with van der Waals surface area (Å²) in [7, 11) is -2.01. The number of sulfonamides is 1. The minimum absolute atomic E-state index is 0. The van der Waals surface area contributed by atoms with Crippen molar-refractivity contribution < 1.29 is 8.42 Å². The number of hydrogen-bond acceptors (Lipinski definition) is 4. The molecule has 1 atom stereocenters. The van der Waals surface area contributed by atoms with Crippen LogP contribution in [-0.2, 0) is 17.1 Å². The molecule has 3 N–H and O–H groups in total. The molecule has 0 spiro atoms. The number of aromatic nitrogens is 2. The largest absolute Gasteiger partial charge is 0.323 e. The molecule has 110 valence electrons. The van der Waals surface area contributed by atoms with E-state index in [-0.39, 0.29) is 30.0 Å². The first-order valence-corrected chi connectivity index (χ1v) is 7.27. The van der Waals surface area contributed by atoms with E-state index in [9.17, 15) is 8.42 Å². The molecule has 0 amide bonds. The average Bonchev–Trinajstić information content (AvgIpc) is 2.84. The first kappa shape index (κ1) is 16.6. The van der Waals surface area contributed by atoms with E-state index < -0.39 is 10.0 Å². The average molecular weight is 317 g/mol. The second-order valence-corrected chi connectivity index (χ2v) is 5.88. The maximum Gasteiger partial charge on any atom is 0.257 e. The van der Waals surface area contributed by atoms with Gasteiger partial charge in [-0.25, -0.2) is 13.1 Å². The van der Waals surface area contributed by atoms with Crippen molar-refractivity contribution in [2.75, 3.05) is 6.54 Å². The predicted octanol–water partition coefficient (Wildman–Crippen LogP) is 0.820.